The number of allylic oxidation sites excluding steroid dienone is 4. The first-order valence-corrected chi connectivity index (χ1v) is 6.40. The lowest BCUT2D eigenvalue weighted by molar-refractivity contribution is 0.394. The van der Waals surface area contributed by atoms with E-state index in [1.165, 1.54) is 0 Å². The van der Waals surface area contributed by atoms with Crippen molar-refractivity contribution in [1.82, 2.24) is 14.8 Å². The maximum atomic E-state index is 9.67. The summed E-state index contributed by atoms with van der Waals surface area (Å²) >= 11 is 5.94. The second kappa shape index (κ2) is 3.96. The van der Waals surface area contributed by atoms with Gasteiger partial charge in [0.2, 0.25) is 0 Å². The van der Waals surface area contributed by atoms with Crippen LogP contribution in [0.2, 0.25) is 0 Å². The lowest BCUT2D eigenvalue weighted by Gasteiger charge is -2.28. The van der Waals surface area contributed by atoms with Crippen molar-refractivity contribution in [3.8, 4) is 6.07 Å². The van der Waals surface area contributed by atoms with Crippen molar-refractivity contribution >= 4 is 11.6 Å². The second-order valence-corrected chi connectivity index (χ2v) is 5.27. The van der Waals surface area contributed by atoms with Crippen molar-refractivity contribution in [3.63, 3.8) is 0 Å². The number of rotatable bonds is 1. The third kappa shape index (κ3) is 1.51. The van der Waals surface area contributed by atoms with Gasteiger partial charge in [-0.3, -0.25) is 0 Å². The molecule has 1 aliphatic heterocycles. The van der Waals surface area contributed by atoms with E-state index < -0.39 is 5.41 Å². The maximum absolute atomic E-state index is 9.67. The number of nitriles is 1. The molecule has 1 aliphatic carbocycles. The van der Waals surface area contributed by atoms with E-state index in [9.17, 15) is 5.26 Å². The van der Waals surface area contributed by atoms with Crippen LogP contribution in [0.1, 0.15) is 24.5 Å². The Morgan fingerprint density at radius 1 is 1.61 bits per heavy atom. The fraction of sp³-hybridized carbons (Fsp3) is 0.462. The third-order valence-electron chi connectivity index (χ3n) is 3.78. The van der Waals surface area contributed by atoms with Crippen LogP contribution in [-0.4, -0.2) is 14.8 Å². The quantitative estimate of drug-likeness (QED) is 0.779. The minimum atomic E-state index is -0.550. The molecule has 0 bridgehead atoms. The number of nitrogens with zero attached hydrogens (tertiary/aromatic N) is 4. The Bertz CT molecular complexity index is 593. The summed E-state index contributed by atoms with van der Waals surface area (Å²) in [6.45, 7) is 2.63. The average molecular weight is 261 g/mol. The zero-order valence-corrected chi connectivity index (χ0v) is 10.9. The zero-order chi connectivity index (χ0) is 12.8. The van der Waals surface area contributed by atoms with Crippen LogP contribution >= 0.6 is 11.6 Å². The minimum absolute atomic E-state index is 0.134. The molecule has 0 fully saturated rings. The van der Waals surface area contributed by atoms with Crippen LogP contribution in [-0.2, 0) is 12.0 Å². The van der Waals surface area contributed by atoms with E-state index in [1.54, 1.807) is 0 Å². The molecular weight excluding hydrogens is 248 g/mol. The molecule has 3 rings (SSSR count). The summed E-state index contributed by atoms with van der Waals surface area (Å²) in [6, 6.07) is 2.48. The van der Waals surface area contributed by atoms with Crippen molar-refractivity contribution < 1.29 is 0 Å². The Hall–Kier alpha value is -1.60. The van der Waals surface area contributed by atoms with Gasteiger partial charge in [0.15, 0.2) is 0 Å². The molecule has 2 atom stereocenters. The van der Waals surface area contributed by atoms with Gasteiger partial charge in [-0.05, 0) is 25.8 Å². The van der Waals surface area contributed by atoms with Gasteiger partial charge in [0, 0.05) is 17.5 Å². The Balaban J connectivity index is 2.03. The van der Waals surface area contributed by atoms with Crippen molar-refractivity contribution in [2.24, 2.45) is 5.92 Å². The van der Waals surface area contributed by atoms with Gasteiger partial charge in [0.25, 0.3) is 0 Å². The second-order valence-electron chi connectivity index (χ2n) is 4.83. The number of aromatic nitrogens is 3. The van der Waals surface area contributed by atoms with E-state index in [0.29, 0.717) is 0 Å². The summed E-state index contributed by atoms with van der Waals surface area (Å²) in [5.74, 6) is 1.68. The molecule has 18 heavy (non-hydrogen) atoms. The molecule has 0 radical (unpaired) electrons. The fourth-order valence-electron chi connectivity index (χ4n) is 2.84. The van der Waals surface area contributed by atoms with E-state index in [2.05, 4.69) is 16.2 Å². The predicted octanol–water partition coefficient (Wildman–Crippen LogP) is 2.45. The molecule has 2 aliphatic rings. The van der Waals surface area contributed by atoms with Crippen LogP contribution in [0, 0.1) is 24.2 Å². The molecule has 1 aromatic rings. The van der Waals surface area contributed by atoms with Gasteiger partial charge in [-0.25, -0.2) is 9.67 Å². The van der Waals surface area contributed by atoms with Crippen molar-refractivity contribution in [3.05, 3.63) is 34.9 Å². The summed E-state index contributed by atoms with van der Waals surface area (Å²) < 4.78 is 1.87. The Morgan fingerprint density at radius 2 is 2.44 bits per heavy atom. The molecular formula is C13H13ClN4. The smallest absolute Gasteiger partial charge is 0.148 e. The molecule has 0 aromatic carbocycles. The molecule has 92 valence electrons. The van der Waals surface area contributed by atoms with E-state index in [1.807, 2.05) is 29.8 Å². The first-order valence-electron chi connectivity index (χ1n) is 6.03. The van der Waals surface area contributed by atoms with Gasteiger partial charge in [-0.2, -0.15) is 10.4 Å². The highest BCUT2D eigenvalue weighted by molar-refractivity contribution is 6.31. The lowest BCUT2D eigenvalue weighted by atomic mass is 9.72. The summed E-state index contributed by atoms with van der Waals surface area (Å²) in [5, 5.41) is 14.8. The fourth-order valence-corrected chi connectivity index (χ4v) is 3.00. The third-order valence-corrected chi connectivity index (χ3v) is 4.06. The van der Waals surface area contributed by atoms with Crippen molar-refractivity contribution in [1.29, 1.82) is 5.26 Å². The molecule has 0 saturated heterocycles. The van der Waals surface area contributed by atoms with Gasteiger partial charge in [0.05, 0.1) is 6.07 Å². The first-order chi connectivity index (χ1) is 8.65. The highest BCUT2D eigenvalue weighted by Crippen LogP contribution is 2.43. The number of hydrogen-bond donors (Lipinski definition) is 0. The molecule has 0 spiro atoms. The molecule has 0 saturated carbocycles. The highest BCUT2D eigenvalue weighted by Gasteiger charge is 2.47. The molecule has 4 nitrogen and oxygen atoms in total. The SMILES string of the molecule is Cc1nc2n(n1)CC[C@]2(C#N)C1C=CC(Cl)=CC1. The van der Waals surface area contributed by atoms with Gasteiger partial charge in [-0.1, -0.05) is 23.8 Å². The molecule has 5 heteroatoms. The van der Waals surface area contributed by atoms with E-state index in [0.717, 1.165) is 36.1 Å². The normalized spacial score (nSPS) is 29.8. The first kappa shape index (κ1) is 11.5. The summed E-state index contributed by atoms with van der Waals surface area (Å²) in [4.78, 5) is 4.45. The van der Waals surface area contributed by atoms with Gasteiger partial charge < -0.3 is 0 Å². The lowest BCUT2D eigenvalue weighted by Crippen LogP contribution is -2.31. The van der Waals surface area contributed by atoms with E-state index >= 15 is 0 Å². The van der Waals surface area contributed by atoms with Crippen LogP contribution < -0.4 is 0 Å². The van der Waals surface area contributed by atoms with Crippen LogP contribution in [0.3, 0.4) is 0 Å². The number of hydrogen-bond acceptors (Lipinski definition) is 3. The Labute approximate surface area is 111 Å². The topological polar surface area (TPSA) is 54.5 Å². The largest absolute Gasteiger partial charge is 0.248 e. The minimum Gasteiger partial charge on any atom is -0.248 e. The summed E-state index contributed by atoms with van der Waals surface area (Å²) in [6.07, 6.45) is 7.44. The Morgan fingerprint density at radius 3 is 3.11 bits per heavy atom. The average Bonchev–Trinajstić information content (AvgIpc) is 2.88. The van der Waals surface area contributed by atoms with E-state index in [4.69, 9.17) is 11.6 Å². The van der Waals surface area contributed by atoms with Gasteiger partial charge in [0.1, 0.15) is 17.1 Å². The summed E-state index contributed by atoms with van der Waals surface area (Å²) in [7, 11) is 0. The molecule has 1 aromatic heterocycles. The standard InChI is InChI=1S/C13H13ClN4/c1-9-16-12-13(8-15,6-7-18(12)17-9)10-2-4-11(14)5-3-10/h2,4-5,10H,3,6-7H2,1H3/t10?,13-/m0/s1. The van der Waals surface area contributed by atoms with Crippen LogP contribution in [0.4, 0.5) is 0 Å². The van der Waals surface area contributed by atoms with Gasteiger partial charge in [-0.15, -0.1) is 0 Å². The monoisotopic (exact) mass is 260 g/mol. The van der Waals surface area contributed by atoms with Crippen LogP contribution in [0.15, 0.2) is 23.3 Å². The van der Waals surface area contributed by atoms with Crippen molar-refractivity contribution in [2.75, 3.05) is 0 Å². The number of halogens is 1. The van der Waals surface area contributed by atoms with Crippen LogP contribution in [0.5, 0.6) is 0 Å². The predicted molar refractivity (Wildman–Crippen MR) is 67.9 cm³/mol. The van der Waals surface area contributed by atoms with Crippen molar-refractivity contribution in [2.45, 2.75) is 31.7 Å². The molecule has 1 unspecified atom stereocenters. The molecule has 2 heterocycles. The zero-order valence-electron chi connectivity index (χ0n) is 10.1. The number of fused-ring (bicyclic) bond motifs is 1. The number of aryl methyl sites for hydroxylation is 2. The van der Waals surface area contributed by atoms with Gasteiger partial charge >= 0.3 is 0 Å². The Kier molecular flexibility index (Phi) is 2.53. The van der Waals surface area contributed by atoms with Crippen LogP contribution in [0.25, 0.3) is 0 Å². The highest BCUT2D eigenvalue weighted by atomic mass is 35.5. The molecule has 0 amide bonds. The summed E-state index contributed by atoms with van der Waals surface area (Å²) in [5.41, 5.74) is -0.550. The maximum Gasteiger partial charge on any atom is 0.148 e. The molecule has 0 N–H and O–H groups in total. The van der Waals surface area contributed by atoms with E-state index in [-0.39, 0.29) is 5.92 Å².